The molecule has 29 heavy (non-hydrogen) atoms. The summed E-state index contributed by atoms with van der Waals surface area (Å²) in [5.41, 5.74) is 3.52. The number of ether oxygens (including phenoxy) is 2. The molecule has 2 aromatic carbocycles. The number of aromatic nitrogens is 1. The van der Waals surface area contributed by atoms with Crippen LogP contribution in [0.3, 0.4) is 0 Å². The number of para-hydroxylation sites is 1. The molecule has 0 spiro atoms. The molecule has 3 rings (SSSR count). The first-order valence-corrected chi connectivity index (χ1v) is 9.11. The van der Waals surface area contributed by atoms with Gasteiger partial charge in [-0.3, -0.25) is 4.79 Å². The summed E-state index contributed by atoms with van der Waals surface area (Å²) in [5.74, 6) is -0.0403. The maximum atomic E-state index is 12.4. The van der Waals surface area contributed by atoms with Gasteiger partial charge in [0, 0.05) is 5.69 Å². The Morgan fingerprint density at radius 2 is 1.76 bits per heavy atom. The number of hydrogen-bond acceptors (Lipinski definition) is 6. The Balaban J connectivity index is 1.59. The monoisotopic (exact) mass is 394 g/mol. The van der Waals surface area contributed by atoms with Crippen molar-refractivity contribution in [2.24, 2.45) is 0 Å². The molecule has 7 heteroatoms. The second kappa shape index (κ2) is 9.05. The molecule has 0 bridgehead atoms. The molecule has 1 amide bonds. The highest BCUT2D eigenvalue weighted by Gasteiger charge is 2.17. The minimum absolute atomic E-state index is 0.208. The third kappa shape index (κ3) is 5.22. The Morgan fingerprint density at radius 1 is 1.03 bits per heavy atom. The zero-order valence-corrected chi connectivity index (χ0v) is 16.5. The average Bonchev–Trinajstić information content (AvgIpc) is 3.04. The van der Waals surface area contributed by atoms with Crippen LogP contribution in [0.1, 0.15) is 32.9 Å². The Hall–Kier alpha value is -3.61. The van der Waals surface area contributed by atoms with Crippen molar-refractivity contribution < 1.29 is 23.6 Å². The van der Waals surface area contributed by atoms with Gasteiger partial charge in [-0.25, -0.2) is 4.79 Å². The molecule has 0 saturated heterocycles. The summed E-state index contributed by atoms with van der Waals surface area (Å²) in [6.45, 7) is 5.39. The number of benzene rings is 2. The minimum atomic E-state index is -0.640. The lowest BCUT2D eigenvalue weighted by molar-refractivity contribution is -0.119. The smallest absolute Gasteiger partial charge is 0.342 e. The normalized spacial score (nSPS) is 10.4. The standard InChI is InChI=1S/C22H22N2O5/c1-14-8-10-17(11-9-14)23-21(25)13-28-22(26)18-6-4-5-7-20(18)27-12-19-15(2)24-29-16(19)3/h4-11H,12-13H2,1-3H3,(H,23,25). The summed E-state index contributed by atoms with van der Waals surface area (Å²) < 4.78 is 16.0. The van der Waals surface area contributed by atoms with Gasteiger partial charge in [0.25, 0.3) is 5.91 Å². The van der Waals surface area contributed by atoms with E-state index in [1.807, 2.05) is 26.0 Å². The average molecular weight is 394 g/mol. The molecule has 0 aliphatic rings. The van der Waals surface area contributed by atoms with Crippen LogP contribution < -0.4 is 10.1 Å². The van der Waals surface area contributed by atoms with E-state index in [2.05, 4.69) is 10.5 Å². The maximum Gasteiger partial charge on any atom is 0.342 e. The number of carbonyl (C=O) groups excluding carboxylic acids is 2. The van der Waals surface area contributed by atoms with Crippen LogP contribution in [0.5, 0.6) is 5.75 Å². The second-order valence-corrected chi connectivity index (χ2v) is 6.58. The molecular weight excluding hydrogens is 372 g/mol. The van der Waals surface area contributed by atoms with Gasteiger partial charge in [0.1, 0.15) is 23.7 Å². The number of anilines is 1. The molecule has 150 valence electrons. The van der Waals surface area contributed by atoms with Gasteiger partial charge >= 0.3 is 5.97 Å². The lowest BCUT2D eigenvalue weighted by atomic mass is 10.2. The molecule has 0 radical (unpaired) electrons. The van der Waals surface area contributed by atoms with E-state index in [1.54, 1.807) is 43.3 Å². The van der Waals surface area contributed by atoms with Crippen molar-refractivity contribution in [2.45, 2.75) is 27.4 Å². The summed E-state index contributed by atoms with van der Waals surface area (Å²) >= 11 is 0. The molecule has 1 heterocycles. The first-order chi connectivity index (χ1) is 13.9. The molecule has 0 aliphatic heterocycles. The number of nitrogens with one attached hydrogen (secondary N) is 1. The van der Waals surface area contributed by atoms with Gasteiger partial charge in [0.15, 0.2) is 6.61 Å². The van der Waals surface area contributed by atoms with Crippen LogP contribution in [0.4, 0.5) is 5.69 Å². The van der Waals surface area contributed by atoms with Crippen molar-refractivity contribution in [1.82, 2.24) is 5.16 Å². The Kier molecular flexibility index (Phi) is 6.29. The van der Waals surface area contributed by atoms with Gasteiger partial charge < -0.3 is 19.3 Å². The van der Waals surface area contributed by atoms with Crippen molar-refractivity contribution >= 4 is 17.6 Å². The van der Waals surface area contributed by atoms with E-state index in [0.29, 0.717) is 17.2 Å². The van der Waals surface area contributed by atoms with Crippen molar-refractivity contribution in [1.29, 1.82) is 0 Å². The van der Waals surface area contributed by atoms with Crippen molar-refractivity contribution in [3.63, 3.8) is 0 Å². The Bertz CT molecular complexity index is 989. The van der Waals surface area contributed by atoms with Crippen molar-refractivity contribution in [3.8, 4) is 5.75 Å². The van der Waals surface area contributed by atoms with E-state index in [0.717, 1.165) is 16.8 Å². The van der Waals surface area contributed by atoms with E-state index < -0.39 is 18.5 Å². The van der Waals surface area contributed by atoms with Crippen LogP contribution in [0.2, 0.25) is 0 Å². The third-order valence-electron chi connectivity index (χ3n) is 4.33. The maximum absolute atomic E-state index is 12.4. The molecule has 0 unspecified atom stereocenters. The van der Waals surface area contributed by atoms with Gasteiger partial charge in [-0.2, -0.15) is 0 Å². The SMILES string of the molecule is Cc1ccc(NC(=O)COC(=O)c2ccccc2OCc2c(C)noc2C)cc1. The highest BCUT2D eigenvalue weighted by molar-refractivity contribution is 5.96. The van der Waals surface area contributed by atoms with Crippen LogP contribution in [0.25, 0.3) is 0 Å². The molecule has 1 N–H and O–H groups in total. The Morgan fingerprint density at radius 3 is 2.45 bits per heavy atom. The highest BCUT2D eigenvalue weighted by atomic mass is 16.5. The third-order valence-corrected chi connectivity index (χ3v) is 4.33. The zero-order valence-electron chi connectivity index (χ0n) is 16.5. The summed E-state index contributed by atoms with van der Waals surface area (Å²) in [7, 11) is 0. The Labute approximate surface area is 168 Å². The van der Waals surface area contributed by atoms with Gasteiger partial charge in [0.2, 0.25) is 0 Å². The summed E-state index contributed by atoms with van der Waals surface area (Å²) in [6, 6.07) is 14.0. The van der Waals surface area contributed by atoms with Crippen molar-refractivity contribution in [3.05, 3.63) is 76.7 Å². The predicted molar refractivity (Wildman–Crippen MR) is 107 cm³/mol. The zero-order chi connectivity index (χ0) is 20.8. The number of amides is 1. The number of nitrogens with zero attached hydrogens (tertiary/aromatic N) is 1. The van der Waals surface area contributed by atoms with Gasteiger partial charge in [-0.15, -0.1) is 0 Å². The van der Waals surface area contributed by atoms with Gasteiger partial charge in [0.05, 0.1) is 11.3 Å². The predicted octanol–water partition coefficient (Wildman–Crippen LogP) is 3.97. The lowest BCUT2D eigenvalue weighted by Gasteiger charge is -2.11. The molecule has 7 nitrogen and oxygen atoms in total. The topological polar surface area (TPSA) is 90.7 Å². The van der Waals surface area contributed by atoms with Crippen LogP contribution in [-0.4, -0.2) is 23.6 Å². The van der Waals surface area contributed by atoms with Crippen LogP contribution >= 0.6 is 0 Å². The fourth-order valence-electron chi connectivity index (χ4n) is 2.66. The number of rotatable bonds is 7. The lowest BCUT2D eigenvalue weighted by Crippen LogP contribution is -2.21. The van der Waals surface area contributed by atoms with Crippen molar-refractivity contribution in [2.75, 3.05) is 11.9 Å². The summed E-state index contributed by atoms with van der Waals surface area (Å²) in [5, 5.41) is 6.56. The van der Waals surface area contributed by atoms with Gasteiger partial charge in [-0.1, -0.05) is 35.0 Å². The van der Waals surface area contributed by atoms with Crippen LogP contribution in [-0.2, 0) is 16.1 Å². The highest BCUT2D eigenvalue weighted by Crippen LogP contribution is 2.22. The van der Waals surface area contributed by atoms with E-state index in [-0.39, 0.29) is 12.2 Å². The van der Waals surface area contributed by atoms with Crippen LogP contribution in [0, 0.1) is 20.8 Å². The fraction of sp³-hybridized carbons (Fsp3) is 0.227. The molecule has 0 saturated carbocycles. The number of hydrogen-bond donors (Lipinski definition) is 1. The second-order valence-electron chi connectivity index (χ2n) is 6.58. The van der Waals surface area contributed by atoms with E-state index in [9.17, 15) is 9.59 Å². The quantitative estimate of drug-likeness (QED) is 0.610. The molecular formula is C22H22N2O5. The number of aryl methyl sites for hydroxylation is 3. The first-order valence-electron chi connectivity index (χ1n) is 9.11. The van der Waals surface area contributed by atoms with Crippen LogP contribution in [0.15, 0.2) is 53.1 Å². The summed E-state index contributed by atoms with van der Waals surface area (Å²) in [4.78, 5) is 24.5. The summed E-state index contributed by atoms with van der Waals surface area (Å²) in [6.07, 6.45) is 0. The van der Waals surface area contributed by atoms with Gasteiger partial charge in [-0.05, 0) is 45.0 Å². The molecule has 3 aromatic rings. The molecule has 0 fully saturated rings. The largest absolute Gasteiger partial charge is 0.488 e. The fourth-order valence-corrected chi connectivity index (χ4v) is 2.66. The van der Waals surface area contributed by atoms with E-state index >= 15 is 0 Å². The number of esters is 1. The van der Waals surface area contributed by atoms with E-state index in [1.165, 1.54) is 0 Å². The van der Waals surface area contributed by atoms with E-state index in [4.69, 9.17) is 14.0 Å². The molecule has 1 aromatic heterocycles. The molecule has 0 atom stereocenters. The number of carbonyl (C=O) groups is 2. The molecule has 0 aliphatic carbocycles. The minimum Gasteiger partial charge on any atom is -0.488 e. The first kappa shape index (κ1) is 20.1.